The van der Waals surface area contributed by atoms with Crippen molar-refractivity contribution < 1.29 is 9.90 Å². The van der Waals surface area contributed by atoms with Gasteiger partial charge in [-0.25, -0.2) is 4.79 Å². The molecule has 0 fully saturated rings. The summed E-state index contributed by atoms with van der Waals surface area (Å²) < 4.78 is 1.68. The molecule has 4 rings (SSSR count). The van der Waals surface area contributed by atoms with Crippen LogP contribution in [0.3, 0.4) is 0 Å². The Morgan fingerprint density at radius 1 is 0.968 bits per heavy atom. The zero-order valence-electron chi connectivity index (χ0n) is 17.7. The molecular formula is C26H24N2O3. The Bertz CT molecular complexity index is 1340. The van der Waals surface area contributed by atoms with Crippen molar-refractivity contribution in [1.29, 1.82) is 0 Å². The van der Waals surface area contributed by atoms with Gasteiger partial charge in [0.2, 0.25) is 0 Å². The predicted molar refractivity (Wildman–Crippen MR) is 125 cm³/mol. The van der Waals surface area contributed by atoms with E-state index in [9.17, 15) is 14.7 Å². The van der Waals surface area contributed by atoms with Crippen LogP contribution in [-0.4, -0.2) is 15.6 Å². The first-order valence-electron chi connectivity index (χ1n) is 10.2. The van der Waals surface area contributed by atoms with Crippen LogP contribution >= 0.6 is 0 Å². The summed E-state index contributed by atoms with van der Waals surface area (Å²) in [7, 11) is 1.79. The number of hydrogen-bond acceptors (Lipinski definition) is 3. The minimum atomic E-state index is -0.982. The molecular weight excluding hydrogens is 388 g/mol. The van der Waals surface area contributed by atoms with Crippen molar-refractivity contribution in [2.45, 2.75) is 19.9 Å². The van der Waals surface area contributed by atoms with Gasteiger partial charge >= 0.3 is 5.97 Å². The highest BCUT2D eigenvalue weighted by Crippen LogP contribution is 2.31. The summed E-state index contributed by atoms with van der Waals surface area (Å²) in [6, 6.07) is 22.5. The lowest BCUT2D eigenvalue weighted by atomic mass is 9.95. The van der Waals surface area contributed by atoms with E-state index in [0.717, 1.165) is 27.8 Å². The first-order valence-corrected chi connectivity index (χ1v) is 10.2. The third-order valence-corrected chi connectivity index (χ3v) is 5.60. The molecule has 0 bridgehead atoms. The molecule has 2 N–H and O–H groups in total. The number of nitrogens with one attached hydrogen (secondary N) is 1. The van der Waals surface area contributed by atoms with Gasteiger partial charge in [0.25, 0.3) is 5.56 Å². The normalized spacial score (nSPS) is 12.0. The second-order valence-corrected chi connectivity index (χ2v) is 7.79. The molecule has 0 unspecified atom stereocenters. The molecule has 0 spiro atoms. The molecule has 1 aromatic heterocycles. The molecule has 0 aliphatic rings. The third kappa shape index (κ3) is 3.82. The lowest BCUT2D eigenvalue weighted by Crippen LogP contribution is -2.20. The summed E-state index contributed by atoms with van der Waals surface area (Å²) in [4.78, 5) is 24.8. The van der Waals surface area contributed by atoms with Crippen molar-refractivity contribution in [3.05, 3.63) is 99.8 Å². The number of aryl methyl sites for hydroxylation is 1. The number of aromatic carboxylic acids is 1. The van der Waals surface area contributed by atoms with Gasteiger partial charge in [-0.15, -0.1) is 0 Å². The summed E-state index contributed by atoms with van der Waals surface area (Å²) >= 11 is 0. The molecule has 1 atom stereocenters. The molecule has 0 aliphatic heterocycles. The van der Waals surface area contributed by atoms with Crippen molar-refractivity contribution in [3.8, 4) is 11.3 Å². The van der Waals surface area contributed by atoms with Crippen molar-refractivity contribution in [2.75, 3.05) is 5.32 Å². The number of pyridine rings is 1. The second-order valence-electron chi connectivity index (χ2n) is 7.79. The monoisotopic (exact) mass is 412 g/mol. The number of rotatable bonds is 5. The second kappa shape index (κ2) is 8.11. The highest BCUT2D eigenvalue weighted by molar-refractivity contribution is 5.94. The van der Waals surface area contributed by atoms with E-state index in [2.05, 4.69) is 11.4 Å². The van der Waals surface area contributed by atoms with E-state index >= 15 is 0 Å². The third-order valence-electron chi connectivity index (χ3n) is 5.60. The lowest BCUT2D eigenvalue weighted by Gasteiger charge is -2.21. The minimum Gasteiger partial charge on any atom is -0.478 e. The van der Waals surface area contributed by atoms with E-state index in [4.69, 9.17) is 0 Å². The Hall–Kier alpha value is -3.86. The van der Waals surface area contributed by atoms with Gasteiger partial charge in [-0.2, -0.15) is 0 Å². The van der Waals surface area contributed by atoms with Crippen LogP contribution in [0.1, 0.15) is 34.5 Å². The maximum absolute atomic E-state index is 13.2. The fraction of sp³-hybridized carbons (Fsp3) is 0.154. The molecule has 5 heteroatoms. The van der Waals surface area contributed by atoms with E-state index in [-0.39, 0.29) is 17.2 Å². The standard InChI is InChI=1S/C26H24N2O3/c1-16-13-20(17(2)27-23-12-8-7-11-19(23)26(30)31)21-15-24(18-9-5-4-6-10-18)28(3)25(29)22(21)14-16/h4-15,17,27H,1-3H3,(H,30,31)/t17-/m0/s1. The number of carbonyl (C=O) groups is 1. The van der Waals surface area contributed by atoms with Crippen LogP contribution in [0.2, 0.25) is 0 Å². The SMILES string of the molecule is Cc1cc([C@H](C)Nc2ccccc2C(=O)O)c2cc(-c3ccccc3)n(C)c(=O)c2c1. The fourth-order valence-electron chi connectivity index (χ4n) is 4.04. The van der Waals surface area contributed by atoms with Gasteiger partial charge in [0.05, 0.1) is 11.3 Å². The zero-order chi connectivity index (χ0) is 22.1. The van der Waals surface area contributed by atoms with Gasteiger partial charge in [0.15, 0.2) is 0 Å². The van der Waals surface area contributed by atoms with Gasteiger partial charge in [0.1, 0.15) is 0 Å². The number of nitrogens with zero attached hydrogens (tertiary/aromatic N) is 1. The largest absolute Gasteiger partial charge is 0.478 e. The van der Waals surface area contributed by atoms with Crippen molar-refractivity contribution in [3.63, 3.8) is 0 Å². The van der Waals surface area contributed by atoms with Crippen LogP contribution in [0, 0.1) is 6.92 Å². The van der Waals surface area contributed by atoms with E-state index in [1.807, 2.05) is 56.3 Å². The molecule has 0 aliphatic carbocycles. The molecule has 4 aromatic rings. The Balaban J connectivity index is 1.89. The fourth-order valence-corrected chi connectivity index (χ4v) is 4.04. The number of fused-ring (bicyclic) bond motifs is 1. The highest BCUT2D eigenvalue weighted by Gasteiger charge is 2.17. The molecule has 0 radical (unpaired) electrons. The minimum absolute atomic E-state index is 0.0561. The molecule has 5 nitrogen and oxygen atoms in total. The summed E-state index contributed by atoms with van der Waals surface area (Å²) in [5.41, 5.74) is 4.43. The van der Waals surface area contributed by atoms with Gasteiger partial charge in [0, 0.05) is 24.2 Å². The van der Waals surface area contributed by atoms with Crippen molar-refractivity contribution in [2.24, 2.45) is 7.05 Å². The van der Waals surface area contributed by atoms with Crippen LogP contribution < -0.4 is 10.9 Å². The lowest BCUT2D eigenvalue weighted by molar-refractivity contribution is 0.0698. The maximum Gasteiger partial charge on any atom is 0.337 e. The number of hydrogen-bond donors (Lipinski definition) is 2. The molecule has 0 saturated carbocycles. The Morgan fingerprint density at radius 3 is 2.35 bits per heavy atom. The summed E-state index contributed by atoms with van der Waals surface area (Å²) in [5, 5.41) is 14.4. The van der Waals surface area contributed by atoms with Crippen LogP contribution in [0.15, 0.2) is 77.6 Å². The average Bonchev–Trinajstić information content (AvgIpc) is 2.77. The maximum atomic E-state index is 13.2. The van der Waals surface area contributed by atoms with E-state index in [0.29, 0.717) is 11.1 Å². The first kappa shape index (κ1) is 20.4. The van der Waals surface area contributed by atoms with Gasteiger partial charge in [-0.3, -0.25) is 4.79 Å². The smallest absolute Gasteiger partial charge is 0.337 e. The van der Waals surface area contributed by atoms with Gasteiger partial charge in [-0.1, -0.05) is 48.5 Å². The van der Waals surface area contributed by atoms with Gasteiger partial charge < -0.3 is 15.0 Å². The van der Waals surface area contributed by atoms with E-state index in [1.165, 1.54) is 0 Å². The van der Waals surface area contributed by atoms with Crippen LogP contribution in [0.25, 0.3) is 22.0 Å². The van der Waals surface area contributed by atoms with Crippen LogP contribution in [0.4, 0.5) is 5.69 Å². The number of carboxylic acids is 1. The topological polar surface area (TPSA) is 71.3 Å². The Morgan fingerprint density at radius 2 is 1.65 bits per heavy atom. The molecule has 0 amide bonds. The zero-order valence-corrected chi connectivity index (χ0v) is 17.7. The highest BCUT2D eigenvalue weighted by atomic mass is 16.4. The summed E-state index contributed by atoms with van der Waals surface area (Å²) in [6.45, 7) is 3.94. The quantitative estimate of drug-likeness (QED) is 0.461. The summed E-state index contributed by atoms with van der Waals surface area (Å²) in [6.07, 6.45) is 0. The van der Waals surface area contributed by atoms with E-state index in [1.54, 1.807) is 35.9 Å². The molecule has 31 heavy (non-hydrogen) atoms. The van der Waals surface area contributed by atoms with Crippen molar-refractivity contribution >= 4 is 22.4 Å². The first-order chi connectivity index (χ1) is 14.9. The number of anilines is 1. The average molecular weight is 412 g/mol. The Kier molecular flexibility index (Phi) is 5.34. The Labute approximate surface area is 180 Å². The molecule has 1 heterocycles. The molecule has 0 saturated heterocycles. The predicted octanol–water partition coefficient (Wildman–Crippen LogP) is 5.39. The number of para-hydroxylation sites is 1. The number of benzene rings is 3. The van der Waals surface area contributed by atoms with Crippen LogP contribution in [-0.2, 0) is 7.05 Å². The van der Waals surface area contributed by atoms with Crippen molar-refractivity contribution in [1.82, 2.24) is 4.57 Å². The van der Waals surface area contributed by atoms with Gasteiger partial charge in [-0.05, 0) is 60.2 Å². The molecule has 156 valence electrons. The summed E-state index contributed by atoms with van der Waals surface area (Å²) in [5.74, 6) is -0.982. The molecule has 3 aromatic carbocycles. The van der Waals surface area contributed by atoms with Crippen LogP contribution in [0.5, 0.6) is 0 Å². The number of aromatic nitrogens is 1. The van der Waals surface area contributed by atoms with E-state index < -0.39 is 5.97 Å². The number of carboxylic acid groups (broad SMARTS) is 1.